The predicted octanol–water partition coefficient (Wildman–Crippen LogP) is 2.45. The molecule has 0 bridgehead atoms. The number of anilines is 1. The van der Waals surface area contributed by atoms with E-state index in [9.17, 15) is 8.78 Å². The van der Waals surface area contributed by atoms with Crippen LogP contribution in [0.2, 0.25) is 0 Å². The van der Waals surface area contributed by atoms with Crippen molar-refractivity contribution >= 4 is 5.69 Å². The molecular weight excluding hydrogens is 224 g/mol. The van der Waals surface area contributed by atoms with Crippen LogP contribution in [0.3, 0.4) is 0 Å². The molecule has 0 radical (unpaired) electrons. The van der Waals surface area contributed by atoms with Crippen molar-refractivity contribution in [3.8, 4) is 0 Å². The number of aromatic nitrogens is 2. The molecule has 0 atom stereocenters. The third kappa shape index (κ3) is 2.81. The molecule has 1 heterocycles. The molecular formula is C12H13F2N3. The second kappa shape index (κ2) is 4.95. The first-order valence-electron chi connectivity index (χ1n) is 5.33. The van der Waals surface area contributed by atoms with Gasteiger partial charge in [0.05, 0.1) is 11.9 Å². The van der Waals surface area contributed by atoms with Gasteiger partial charge >= 0.3 is 0 Å². The van der Waals surface area contributed by atoms with E-state index >= 15 is 0 Å². The summed E-state index contributed by atoms with van der Waals surface area (Å²) in [5, 5.41) is 7.06. The Morgan fingerprint density at radius 1 is 1.35 bits per heavy atom. The first-order valence-corrected chi connectivity index (χ1v) is 5.33. The molecule has 0 unspecified atom stereocenters. The minimum absolute atomic E-state index is 0.483. The number of benzene rings is 1. The lowest BCUT2D eigenvalue weighted by molar-refractivity contribution is 0.553. The van der Waals surface area contributed by atoms with E-state index in [4.69, 9.17) is 0 Å². The molecule has 0 spiro atoms. The maximum Gasteiger partial charge on any atom is 0.129 e. The van der Waals surface area contributed by atoms with Gasteiger partial charge in [-0.25, -0.2) is 8.78 Å². The van der Waals surface area contributed by atoms with Crippen LogP contribution in [0.25, 0.3) is 0 Å². The van der Waals surface area contributed by atoms with Gasteiger partial charge in [-0.1, -0.05) is 6.07 Å². The quantitative estimate of drug-likeness (QED) is 0.885. The number of aryl methyl sites for hydroxylation is 2. The molecule has 1 aromatic heterocycles. The van der Waals surface area contributed by atoms with E-state index in [0.717, 1.165) is 11.8 Å². The predicted molar refractivity (Wildman–Crippen MR) is 61.8 cm³/mol. The van der Waals surface area contributed by atoms with E-state index < -0.39 is 11.6 Å². The van der Waals surface area contributed by atoms with Gasteiger partial charge in [0.2, 0.25) is 0 Å². The Bertz CT molecular complexity index is 508. The Kier molecular flexibility index (Phi) is 3.37. The zero-order valence-electron chi connectivity index (χ0n) is 9.45. The van der Waals surface area contributed by atoms with E-state index in [1.165, 1.54) is 12.1 Å². The summed E-state index contributed by atoms with van der Waals surface area (Å²) in [6, 6.07) is 3.63. The summed E-state index contributed by atoms with van der Waals surface area (Å²) in [5.74, 6) is -1.06. The third-order valence-corrected chi connectivity index (χ3v) is 2.55. The van der Waals surface area contributed by atoms with Crippen LogP contribution < -0.4 is 5.32 Å². The van der Waals surface area contributed by atoms with Crippen LogP contribution in [0.4, 0.5) is 14.5 Å². The topological polar surface area (TPSA) is 29.9 Å². The number of nitrogens with one attached hydrogen (secondary N) is 1. The monoisotopic (exact) mass is 237 g/mol. The van der Waals surface area contributed by atoms with Gasteiger partial charge in [-0.2, -0.15) is 5.10 Å². The molecule has 5 heteroatoms. The molecule has 0 aliphatic carbocycles. The first-order chi connectivity index (χ1) is 8.19. The Hall–Kier alpha value is -1.91. The van der Waals surface area contributed by atoms with Crippen molar-refractivity contribution in [3.05, 3.63) is 47.8 Å². The highest BCUT2D eigenvalue weighted by molar-refractivity contribution is 5.36. The van der Waals surface area contributed by atoms with Gasteiger partial charge in [0, 0.05) is 25.9 Å². The van der Waals surface area contributed by atoms with E-state index in [1.54, 1.807) is 17.9 Å². The van der Waals surface area contributed by atoms with Crippen LogP contribution >= 0.6 is 0 Å². The highest BCUT2D eigenvalue weighted by Gasteiger charge is 2.04. The summed E-state index contributed by atoms with van der Waals surface area (Å²) in [6.07, 6.45) is 4.01. The summed E-state index contributed by atoms with van der Waals surface area (Å²) in [4.78, 5) is 0. The van der Waals surface area contributed by atoms with Crippen molar-refractivity contribution < 1.29 is 8.78 Å². The lowest BCUT2D eigenvalue weighted by Gasteiger charge is -2.03. The lowest BCUT2D eigenvalue weighted by atomic mass is 10.1. The maximum atomic E-state index is 13.3. The second-order valence-electron chi connectivity index (χ2n) is 3.73. The van der Waals surface area contributed by atoms with Crippen molar-refractivity contribution in [2.75, 3.05) is 12.4 Å². The Balaban J connectivity index is 2.02. The maximum absolute atomic E-state index is 13.3. The molecule has 0 amide bonds. The van der Waals surface area contributed by atoms with Crippen molar-refractivity contribution in [2.24, 2.45) is 0 Å². The van der Waals surface area contributed by atoms with Crippen molar-refractivity contribution in [2.45, 2.75) is 13.0 Å². The van der Waals surface area contributed by atoms with Crippen LogP contribution in [-0.4, -0.2) is 16.8 Å². The molecule has 17 heavy (non-hydrogen) atoms. The van der Waals surface area contributed by atoms with Gasteiger partial charge in [0.15, 0.2) is 0 Å². The highest BCUT2D eigenvalue weighted by Crippen LogP contribution is 2.11. The Morgan fingerprint density at radius 2 is 2.18 bits per heavy atom. The zero-order valence-corrected chi connectivity index (χ0v) is 9.45. The van der Waals surface area contributed by atoms with Gasteiger partial charge in [0.1, 0.15) is 11.6 Å². The minimum Gasteiger partial charge on any atom is -0.386 e. The van der Waals surface area contributed by atoms with Crippen molar-refractivity contribution in [1.29, 1.82) is 0 Å². The highest BCUT2D eigenvalue weighted by atomic mass is 19.1. The number of hydrogen-bond donors (Lipinski definition) is 1. The number of nitrogens with zero attached hydrogens (tertiary/aromatic N) is 2. The standard InChI is InChI=1S/C12H13F2N3/c1-15-11-7-16-17(8-11)5-4-9-2-3-10(13)6-12(9)14/h2-3,6-8,15H,4-5H2,1H3. The molecule has 2 aromatic rings. The largest absolute Gasteiger partial charge is 0.386 e. The van der Waals surface area contributed by atoms with Crippen LogP contribution in [0.15, 0.2) is 30.6 Å². The van der Waals surface area contributed by atoms with E-state index in [0.29, 0.717) is 18.5 Å². The first kappa shape index (κ1) is 11.6. The molecule has 1 aromatic carbocycles. The van der Waals surface area contributed by atoms with Gasteiger partial charge < -0.3 is 5.32 Å². The van der Waals surface area contributed by atoms with E-state index in [2.05, 4.69) is 10.4 Å². The molecule has 0 fully saturated rings. The fourth-order valence-corrected chi connectivity index (χ4v) is 1.57. The van der Waals surface area contributed by atoms with Gasteiger partial charge in [0.25, 0.3) is 0 Å². The number of hydrogen-bond acceptors (Lipinski definition) is 2. The van der Waals surface area contributed by atoms with Crippen molar-refractivity contribution in [1.82, 2.24) is 9.78 Å². The molecule has 0 aliphatic rings. The van der Waals surface area contributed by atoms with Gasteiger partial charge in [-0.15, -0.1) is 0 Å². The van der Waals surface area contributed by atoms with Crippen LogP contribution in [0.1, 0.15) is 5.56 Å². The van der Waals surface area contributed by atoms with Crippen LogP contribution in [-0.2, 0) is 13.0 Å². The fraction of sp³-hybridized carbons (Fsp3) is 0.250. The average Bonchev–Trinajstić information content (AvgIpc) is 2.76. The molecule has 90 valence electrons. The summed E-state index contributed by atoms with van der Waals surface area (Å²) < 4.78 is 27.8. The Morgan fingerprint density at radius 3 is 2.82 bits per heavy atom. The van der Waals surface area contributed by atoms with Crippen LogP contribution in [0, 0.1) is 11.6 Å². The Labute approximate surface area is 98.1 Å². The lowest BCUT2D eigenvalue weighted by Crippen LogP contribution is -2.03. The minimum atomic E-state index is -0.553. The molecule has 0 saturated heterocycles. The summed E-state index contributed by atoms with van der Waals surface area (Å²) in [6.45, 7) is 0.560. The zero-order chi connectivity index (χ0) is 12.3. The van der Waals surface area contributed by atoms with Crippen molar-refractivity contribution in [3.63, 3.8) is 0 Å². The fourth-order valence-electron chi connectivity index (χ4n) is 1.57. The molecule has 2 rings (SSSR count). The van der Waals surface area contributed by atoms with E-state index in [-0.39, 0.29) is 0 Å². The van der Waals surface area contributed by atoms with Gasteiger partial charge in [-0.3, -0.25) is 4.68 Å². The molecule has 1 N–H and O–H groups in total. The van der Waals surface area contributed by atoms with Crippen LogP contribution in [0.5, 0.6) is 0 Å². The summed E-state index contributed by atoms with van der Waals surface area (Å²) >= 11 is 0. The summed E-state index contributed by atoms with van der Waals surface area (Å²) in [5.41, 5.74) is 1.40. The van der Waals surface area contributed by atoms with E-state index in [1.807, 2.05) is 6.20 Å². The number of rotatable bonds is 4. The third-order valence-electron chi connectivity index (χ3n) is 2.55. The second-order valence-corrected chi connectivity index (χ2v) is 3.73. The van der Waals surface area contributed by atoms with Gasteiger partial charge in [-0.05, 0) is 18.1 Å². The molecule has 3 nitrogen and oxygen atoms in total. The smallest absolute Gasteiger partial charge is 0.129 e. The molecule has 0 aliphatic heterocycles. The number of halogens is 2. The SMILES string of the molecule is CNc1cnn(CCc2ccc(F)cc2F)c1. The summed E-state index contributed by atoms with van der Waals surface area (Å²) in [7, 11) is 1.81. The average molecular weight is 237 g/mol. The normalized spacial score (nSPS) is 10.5. The molecule has 0 saturated carbocycles.